The third-order valence-corrected chi connectivity index (χ3v) is 2.14. The van der Waals surface area contributed by atoms with E-state index < -0.39 is 17.4 Å². The minimum atomic E-state index is -1.68. The first-order valence-electron chi connectivity index (χ1n) is 5.96. The van der Waals surface area contributed by atoms with Gasteiger partial charge in [0.15, 0.2) is 0 Å². The van der Waals surface area contributed by atoms with Crippen molar-refractivity contribution in [2.75, 3.05) is 13.2 Å². The van der Waals surface area contributed by atoms with E-state index in [2.05, 4.69) is 30.3 Å². The van der Waals surface area contributed by atoms with Crippen LogP contribution < -0.4 is 0 Å². The highest BCUT2D eigenvalue weighted by atomic mass is 16.6. The highest BCUT2D eigenvalue weighted by Gasteiger charge is 2.47. The maximum atomic E-state index is 12.0. The van der Waals surface area contributed by atoms with Gasteiger partial charge in [-0.05, 0) is 26.8 Å². The normalized spacial score (nSPS) is 9.21. The van der Waals surface area contributed by atoms with Crippen molar-refractivity contribution in [3.8, 4) is 23.7 Å². The molecule has 19 heavy (non-hydrogen) atoms. The monoisotopic (exact) mass is 262 g/mol. The van der Waals surface area contributed by atoms with Crippen LogP contribution in [-0.4, -0.2) is 25.2 Å². The van der Waals surface area contributed by atoms with Gasteiger partial charge in [-0.2, -0.15) is 0 Å². The SMILES string of the molecule is C=CC#CCC(C#CC)(C(=O)OCC)C(=O)OCC. The zero-order valence-electron chi connectivity index (χ0n) is 11.5. The molecule has 0 unspecified atom stereocenters. The Morgan fingerprint density at radius 3 is 2.11 bits per heavy atom. The van der Waals surface area contributed by atoms with Gasteiger partial charge in [0.05, 0.1) is 13.2 Å². The van der Waals surface area contributed by atoms with E-state index >= 15 is 0 Å². The van der Waals surface area contributed by atoms with Gasteiger partial charge in [0.25, 0.3) is 0 Å². The van der Waals surface area contributed by atoms with E-state index in [0.717, 1.165) is 0 Å². The first-order chi connectivity index (χ1) is 9.08. The van der Waals surface area contributed by atoms with Crippen molar-refractivity contribution in [3.05, 3.63) is 12.7 Å². The Hall–Kier alpha value is -2.20. The van der Waals surface area contributed by atoms with Gasteiger partial charge in [0.2, 0.25) is 5.41 Å². The van der Waals surface area contributed by atoms with E-state index in [9.17, 15) is 9.59 Å². The Bertz CT molecular complexity index is 436. The molecule has 0 aromatic heterocycles. The molecule has 0 saturated heterocycles. The first kappa shape index (κ1) is 16.8. The second kappa shape index (κ2) is 8.83. The van der Waals surface area contributed by atoms with Gasteiger partial charge in [-0.3, -0.25) is 0 Å². The third-order valence-electron chi connectivity index (χ3n) is 2.14. The van der Waals surface area contributed by atoms with Crippen LogP contribution in [-0.2, 0) is 19.1 Å². The molecule has 0 fully saturated rings. The Kier molecular flexibility index (Phi) is 7.81. The van der Waals surface area contributed by atoms with E-state index in [1.54, 1.807) is 13.8 Å². The summed E-state index contributed by atoms with van der Waals surface area (Å²) in [6.45, 7) is 8.60. The highest BCUT2D eigenvalue weighted by Crippen LogP contribution is 2.25. The Morgan fingerprint density at radius 1 is 1.21 bits per heavy atom. The van der Waals surface area contributed by atoms with Crippen LogP contribution in [0.15, 0.2) is 12.7 Å². The summed E-state index contributed by atoms with van der Waals surface area (Å²) in [6, 6.07) is 0. The summed E-state index contributed by atoms with van der Waals surface area (Å²) in [4.78, 5) is 24.1. The molecule has 0 aromatic carbocycles. The zero-order valence-corrected chi connectivity index (χ0v) is 11.5. The van der Waals surface area contributed by atoms with Crippen LogP contribution in [0.4, 0.5) is 0 Å². The second-order valence-corrected chi connectivity index (χ2v) is 3.42. The molecule has 0 atom stereocenters. The van der Waals surface area contributed by atoms with Crippen LogP contribution in [0, 0.1) is 29.1 Å². The predicted molar refractivity (Wildman–Crippen MR) is 71.7 cm³/mol. The molecular weight excluding hydrogens is 244 g/mol. The molecule has 0 amide bonds. The van der Waals surface area contributed by atoms with Crippen molar-refractivity contribution in [1.29, 1.82) is 0 Å². The molecule has 0 saturated carbocycles. The van der Waals surface area contributed by atoms with Gasteiger partial charge in [-0.15, -0.1) is 5.92 Å². The van der Waals surface area contributed by atoms with Crippen LogP contribution in [0.25, 0.3) is 0 Å². The van der Waals surface area contributed by atoms with Gasteiger partial charge in [-0.1, -0.05) is 24.3 Å². The van der Waals surface area contributed by atoms with E-state index in [-0.39, 0.29) is 19.6 Å². The molecule has 0 aliphatic carbocycles. The summed E-state index contributed by atoms with van der Waals surface area (Å²) in [5.74, 6) is 8.94. The summed E-state index contributed by atoms with van der Waals surface area (Å²) in [6.07, 6.45) is 1.29. The smallest absolute Gasteiger partial charge is 0.336 e. The quantitative estimate of drug-likeness (QED) is 0.430. The van der Waals surface area contributed by atoms with Crippen LogP contribution >= 0.6 is 0 Å². The fourth-order valence-corrected chi connectivity index (χ4v) is 1.35. The standard InChI is InChI=1S/C15H18O4/c1-5-9-10-12-15(11-6-2,13(16)18-7-3)14(17)19-8-4/h5H,1,7-8,12H2,2-4H3. The molecule has 0 radical (unpaired) electrons. The molecule has 0 N–H and O–H groups in total. The van der Waals surface area contributed by atoms with E-state index in [1.165, 1.54) is 13.0 Å². The number of ether oxygens (including phenoxy) is 2. The van der Waals surface area contributed by atoms with Crippen molar-refractivity contribution in [1.82, 2.24) is 0 Å². The average molecular weight is 262 g/mol. The van der Waals surface area contributed by atoms with Crippen molar-refractivity contribution in [3.63, 3.8) is 0 Å². The topological polar surface area (TPSA) is 52.6 Å². The van der Waals surface area contributed by atoms with Crippen molar-refractivity contribution in [2.24, 2.45) is 5.41 Å². The summed E-state index contributed by atoms with van der Waals surface area (Å²) in [5.41, 5.74) is -1.68. The van der Waals surface area contributed by atoms with Gasteiger partial charge in [-0.25, -0.2) is 9.59 Å². The Labute approximate surface area is 114 Å². The molecule has 0 heterocycles. The molecule has 0 aromatic rings. The molecule has 0 aliphatic heterocycles. The summed E-state index contributed by atoms with van der Waals surface area (Å²) in [7, 11) is 0. The zero-order chi connectivity index (χ0) is 14.7. The molecule has 0 aliphatic rings. The minimum absolute atomic E-state index is 0.0858. The van der Waals surface area contributed by atoms with Crippen molar-refractivity contribution < 1.29 is 19.1 Å². The molecule has 4 nitrogen and oxygen atoms in total. The van der Waals surface area contributed by atoms with E-state index in [0.29, 0.717) is 0 Å². The lowest BCUT2D eigenvalue weighted by molar-refractivity contribution is -0.166. The summed E-state index contributed by atoms with van der Waals surface area (Å²) in [5, 5.41) is 0. The molecule has 4 heteroatoms. The molecule has 102 valence electrons. The van der Waals surface area contributed by atoms with Gasteiger partial charge < -0.3 is 9.47 Å². The summed E-state index contributed by atoms with van der Waals surface area (Å²) >= 11 is 0. The molecular formula is C15H18O4. The number of esters is 2. The van der Waals surface area contributed by atoms with E-state index in [4.69, 9.17) is 9.47 Å². The second-order valence-electron chi connectivity index (χ2n) is 3.42. The van der Waals surface area contributed by atoms with Crippen LogP contribution in [0.1, 0.15) is 27.2 Å². The van der Waals surface area contributed by atoms with Gasteiger partial charge in [0.1, 0.15) is 0 Å². The van der Waals surface area contributed by atoms with Crippen LogP contribution in [0.2, 0.25) is 0 Å². The maximum absolute atomic E-state index is 12.0. The van der Waals surface area contributed by atoms with E-state index in [1.807, 2.05) is 0 Å². The van der Waals surface area contributed by atoms with Crippen molar-refractivity contribution >= 4 is 11.9 Å². The predicted octanol–water partition coefficient (Wildman–Crippen LogP) is 1.70. The fourth-order valence-electron chi connectivity index (χ4n) is 1.35. The lowest BCUT2D eigenvalue weighted by Gasteiger charge is -2.21. The molecule has 0 rings (SSSR count). The lowest BCUT2D eigenvalue weighted by Crippen LogP contribution is -2.41. The molecule has 0 spiro atoms. The fraction of sp³-hybridized carbons (Fsp3) is 0.467. The van der Waals surface area contributed by atoms with Gasteiger partial charge in [0, 0.05) is 6.42 Å². The Morgan fingerprint density at radius 2 is 1.74 bits per heavy atom. The largest absolute Gasteiger partial charge is 0.464 e. The number of hydrogen-bond donors (Lipinski definition) is 0. The summed E-state index contributed by atoms with van der Waals surface area (Å²) < 4.78 is 9.84. The maximum Gasteiger partial charge on any atom is 0.336 e. The molecule has 0 bridgehead atoms. The minimum Gasteiger partial charge on any atom is -0.464 e. The first-order valence-corrected chi connectivity index (χ1v) is 5.96. The third kappa shape index (κ3) is 4.52. The van der Waals surface area contributed by atoms with Gasteiger partial charge >= 0.3 is 11.9 Å². The highest BCUT2D eigenvalue weighted by molar-refractivity contribution is 6.04. The number of allylic oxidation sites excluding steroid dienone is 1. The van der Waals surface area contributed by atoms with Crippen LogP contribution in [0.5, 0.6) is 0 Å². The Balaban J connectivity index is 5.56. The van der Waals surface area contributed by atoms with Crippen molar-refractivity contribution in [2.45, 2.75) is 27.2 Å². The number of rotatable bonds is 5. The number of carbonyl (C=O) groups excluding carboxylic acids is 2. The number of hydrogen-bond acceptors (Lipinski definition) is 4. The number of carbonyl (C=O) groups is 2. The lowest BCUT2D eigenvalue weighted by atomic mass is 9.85. The van der Waals surface area contributed by atoms with Crippen LogP contribution in [0.3, 0.4) is 0 Å². The average Bonchev–Trinajstić information content (AvgIpc) is 2.38.